The smallest absolute Gasteiger partial charge is 0.321 e. The second-order valence-electron chi connectivity index (χ2n) is 6.88. The number of urea groups is 1. The molecule has 160 valence electrons. The Morgan fingerprint density at radius 2 is 2.00 bits per heavy atom. The Labute approximate surface area is 178 Å². The van der Waals surface area contributed by atoms with Crippen LogP contribution < -0.4 is 10.1 Å². The average molecular weight is 435 g/mol. The van der Waals surface area contributed by atoms with Crippen LogP contribution in [0, 0.1) is 11.6 Å². The lowest BCUT2D eigenvalue weighted by Gasteiger charge is -2.27. The molecule has 0 saturated carbocycles. The molecule has 2 atom stereocenters. The summed E-state index contributed by atoms with van der Waals surface area (Å²) in [5.74, 6) is -0.974. The molecular formula is C21H23F2N3O3S. The van der Waals surface area contributed by atoms with Gasteiger partial charge in [0.2, 0.25) is 5.91 Å². The number of hydrogen-bond acceptors (Lipinski definition) is 4. The first-order chi connectivity index (χ1) is 14.3. The molecule has 6 nitrogen and oxygen atoms in total. The molecule has 0 bridgehead atoms. The number of hydrogen-bond donors (Lipinski definition) is 1. The van der Waals surface area contributed by atoms with E-state index in [1.54, 1.807) is 38.2 Å². The number of halogens is 2. The van der Waals surface area contributed by atoms with E-state index in [9.17, 15) is 18.4 Å². The molecule has 0 spiro atoms. The molecular weight excluding hydrogens is 412 g/mol. The van der Waals surface area contributed by atoms with Gasteiger partial charge in [0.1, 0.15) is 22.8 Å². The number of nitrogens with zero attached hydrogens (tertiary/aromatic N) is 2. The number of rotatable bonds is 6. The van der Waals surface area contributed by atoms with Crippen molar-refractivity contribution in [2.75, 3.05) is 32.6 Å². The van der Waals surface area contributed by atoms with Crippen LogP contribution in [0.25, 0.3) is 0 Å². The first-order valence-electron chi connectivity index (χ1n) is 9.38. The van der Waals surface area contributed by atoms with E-state index in [-0.39, 0.29) is 35.8 Å². The highest BCUT2D eigenvalue weighted by molar-refractivity contribution is 8.01. The first-order valence-corrected chi connectivity index (χ1v) is 10.3. The molecule has 0 radical (unpaired) electrons. The summed E-state index contributed by atoms with van der Waals surface area (Å²) in [7, 11) is 3.12. The van der Waals surface area contributed by atoms with Crippen LogP contribution in [0.2, 0.25) is 0 Å². The van der Waals surface area contributed by atoms with E-state index < -0.39 is 17.0 Å². The summed E-state index contributed by atoms with van der Waals surface area (Å²) in [5.41, 5.74) is 0.782. The summed E-state index contributed by atoms with van der Waals surface area (Å²) in [4.78, 5) is 28.1. The Bertz CT molecular complexity index is 943. The van der Waals surface area contributed by atoms with E-state index in [1.807, 2.05) is 0 Å². The van der Waals surface area contributed by atoms with Crippen molar-refractivity contribution >= 4 is 29.4 Å². The number of likely N-dealkylation sites (N-methyl/N-ethyl adjacent to an activating group) is 1. The van der Waals surface area contributed by atoms with Crippen molar-refractivity contribution in [2.45, 2.75) is 17.5 Å². The van der Waals surface area contributed by atoms with Gasteiger partial charge in [-0.25, -0.2) is 13.6 Å². The fourth-order valence-corrected chi connectivity index (χ4v) is 4.49. The van der Waals surface area contributed by atoms with Crippen LogP contribution >= 0.6 is 11.8 Å². The zero-order chi connectivity index (χ0) is 21.8. The van der Waals surface area contributed by atoms with Gasteiger partial charge >= 0.3 is 6.03 Å². The van der Waals surface area contributed by atoms with Crippen LogP contribution in [0.5, 0.6) is 5.75 Å². The van der Waals surface area contributed by atoms with Crippen LogP contribution in [0.4, 0.5) is 19.3 Å². The quantitative estimate of drug-likeness (QED) is 0.742. The van der Waals surface area contributed by atoms with Crippen LogP contribution in [0.15, 0.2) is 42.5 Å². The highest BCUT2D eigenvalue weighted by Crippen LogP contribution is 2.43. The molecule has 1 aliphatic heterocycles. The summed E-state index contributed by atoms with van der Waals surface area (Å²) in [6.07, 6.45) is 0. The number of para-hydroxylation sites is 2. The summed E-state index contributed by atoms with van der Waals surface area (Å²) < 4.78 is 32.8. The van der Waals surface area contributed by atoms with Crippen LogP contribution in [0.1, 0.15) is 17.9 Å². The molecule has 1 aliphatic rings. The van der Waals surface area contributed by atoms with E-state index in [0.717, 1.165) is 6.07 Å². The lowest BCUT2D eigenvalue weighted by molar-refractivity contribution is -0.129. The van der Waals surface area contributed by atoms with E-state index in [4.69, 9.17) is 4.74 Å². The van der Waals surface area contributed by atoms with Gasteiger partial charge in [0.15, 0.2) is 0 Å². The van der Waals surface area contributed by atoms with Gasteiger partial charge in [0, 0.05) is 31.8 Å². The number of nitrogens with one attached hydrogen (secondary N) is 1. The monoisotopic (exact) mass is 435 g/mol. The summed E-state index contributed by atoms with van der Waals surface area (Å²) >= 11 is 1.30. The molecule has 9 heteroatoms. The summed E-state index contributed by atoms with van der Waals surface area (Å²) in [5, 5.41) is 1.84. The van der Waals surface area contributed by atoms with Crippen molar-refractivity contribution in [3.05, 3.63) is 59.7 Å². The van der Waals surface area contributed by atoms with Crippen molar-refractivity contribution in [1.82, 2.24) is 9.80 Å². The van der Waals surface area contributed by atoms with E-state index in [1.165, 1.54) is 40.8 Å². The topological polar surface area (TPSA) is 61.9 Å². The summed E-state index contributed by atoms with van der Waals surface area (Å²) in [6.45, 7) is 2.20. The van der Waals surface area contributed by atoms with E-state index >= 15 is 0 Å². The maximum atomic E-state index is 14.3. The number of amides is 3. The molecule has 1 fully saturated rings. The van der Waals surface area contributed by atoms with Gasteiger partial charge in [-0.3, -0.25) is 4.79 Å². The molecule has 3 rings (SSSR count). The third-order valence-corrected chi connectivity index (χ3v) is 6.22. The molecule has 0 aromatic heterocycles. The maximum Gasteiger partial charge on any atom is 0.321 e. The molecule has 30 heavy (non-hydrogen) atoms. The number of methoxy groups -OCH3 is 1. The highest BCUT2D eigenvalue weighted by atomic mass is 32.2. The first kappa shape index (κ1) is 21.9. The van der Waals surface area contributed by atoms with Gasteiger partial charge in [-0.15, -0.1) is 11.8 Å². The number of benzene rings is 2. The van der Waals surface area contributed by atoms with Crippen LogP contribution in [-0.4, -0.2) is 54.2 Å². The van der Waals surface area contributed by atoms with Gasteiger partial charge in [-0.05, 0) is 25.1 Å². The number of carbonyl (C=O) groups excluding carboxylic acids is 2. The van der Waals surface area contributed by atoms with E-state index in [2.05, 4.69) is 5.32 Å². The summed E-state index contributed by atoms with van der Waals surface area (Å²) in [6, 6.07) is 10.0. The molecule has 1 heterocycles. The maximum absolute atomic E-state index is 14.3. The Morgan fingerprint density at radius 3 is 2.70 bits per heavy atom. The molecule has 2 unspecified atom stereocenters. The fourth-order valence-electron chi connectivity index (χ4n) is 3.16. The Morgan fingerprint density at radius 1 is 1.27 bits per heavy atom. The number of anilines is 1. The van der Waals surface area contributed by atoms with Gasteiger partial charge in [0.25, 0.3) is 0 Å². The molecule has 0 aliphatic carbocycles. The van der Waals surface area contributed by atoms with Gasteiger partial charge in [-0.2, -0.15) is 0 Å². The van der Waals surface area contributed by atoms with Crippen molar-refractivity contribution in [2.24, 2.45) is 0 Å². The largest absolute Gasteiger partial charge is 0.495 e. The van der Waals surface area contributed by atoms with Crippen LogP contribution in [0.3, 0.4) is 0 Å². The lowest BCUT2D eigenvalue weighted by Crippen LogP contribution is -2.40. The third kappa shape index (κ3) is 4.67. The standard InChI is InChI=1S/C21H23F2N3O3S/c1-13-19(27)26(20(30-13)15-9-8-14(22)12-16(15)23)11-10-25(2)21(28)24-17-6-4-5-7-18(17)29-3/h4-9,12-13,20H,10-11H2,1-3H3,(H,24,28). The number of thioether (sulfide) groups is 1. The van der Waals surface area contributed by atoms with Crippen molar-refractivity contribution in [1.29, 1.82) is 0 Å². The lowest BCUT2D eigenvalue weighted by atomic mass is 10.2. The minimum absolute atomic E-state index is 0.146. The van der Waals surface area contributed by atoms with Gasteiger partial charge in [-0.1, -0.05) is 18.2 Å². The third-order valence-electron chi connectivity index (χ3n) is 4.85. The number of ether oxygens (including phenoxy) is 1. The minimum atomic E-state index is -0.693. The second-order valence-corrected chi connectivity index (χ2v) is 8.31. The SMILES string of the molecule is COc1ccccc1NC(=O)N(C)CCN1C(=O)C(C)SC1c1ccc(F)cc1F. The minimum Gasteiger partial charge on any atom is -0.495 e. The van der Waals surface area contributed by atoms with Gasteiger partial charge < -0.3 is 19.9 Å². The molecule has 1 saturated heterocycles. The average Bonchev–Trinajstić information content (AvgIpc) is 3.00. The van der Waals surface area contributed by atoms with Crippen molar-refractivity contribution in [3.8, 4) is 5.75 Å². The molecule has 2 aromatic carbocycles. The Hall–Kier alpha value is -2.81. The van der Waals surface area contributed by atoms with Crippen molar-refractivity contribution < 1.29 is 23.1 Å². The molecule has 2 aromatic rings. The second kappa shape index (κ2) is 9.34. The van der Waals surface area contributed by atoms with Gasteiger partial charge in [0.05, 0.1) is 18.0 Å². The molecule has 1 N–H and O–H groups in total. The zero-order valence-electron chi connectivity index (χ0n) is 16.9. The van der Waals surface area contributed by atoms with Crippen molar-refractivity contribution in [3.63, 3.8) is 0 Å². The Kier molecular flexibility index (Phi) is 6.81. The molecule has 3 amide bonds. The highest BCUT2D eigenvalue weighted by Gasteiger charge is 2.39. The Balaban J connectivity index is 1.67. The van der Waals surface area contributed by atoms with E-state index in [0.29, 0.717) is 11.4 Å². The number of carbonyl (C=O) groups is 2. The van der Waals surface area contributed by atoms with Crippen LogP contribution in [-0.2, 0) is 4.79 Å². The fraction of sp³-hybridized carbons (Fsp3) is 0.333. The normalized spacial score (nSPS) is 18.4. The zero-order valence-corrected chi connectivity index (χ0v) is 17.7. The predicted octanol–water partition coefficient (Wildman–Crippen LogP) is 4.10. The predicted molar refractivity (Wildman–Crippen MR) is 113 cm³/mol.